The van der Waals surface area contributed by atoms with E-state index >= 15 is 0 Å². The third-order valence-electron chi connectivity index (χ3n) is 4.86. The number of hydrogen-bond donors (Lipinski definition) is 2. The van der Waals surface area contributed by atoms with Crippen LogP contribution in [0, 0.1) is 5.92 Å². The number of carbonyl (C=O) groups excluding carboxylic acids is 1. The molecule has 2 aliphatic rings. The summed E-state index contributed by atoms with van der Waals surface area (Å²) in [6.07, 6.45) is 3.32. The van der Waals surface area contributed by atoms with Crippen molar-refractivity contribution in [3.05, 3.63) is 35.9 Å². The molecule has 1 atom stereocenters. The molecule has 1 unspecified atom stereocenters. The molecule has 1 saturated carbocycles. The van der Waals surface area contributed by atoms with Gasteiger partial charge in [0.15, 0.2) is 0 Å². The van der Waals surface area contributed by atoms with Gasteiger partial charge in [0.2, 0.25) is 5.91 Å². The van der Waals surface area contributed by atoms with E-state index in [0.717, 1.165) is 38.9 Å². The summed E-state index contributed by atoms with van der Waals surface area (Å²) in [5.41, 5.74) is 1.52. The number of carbonyl (C=O) groups is 1. The molecule has 0 bridgehead atoms. The number of hydrogen-bond acceptors (Lipinski definition) is 3. The fourth-order valence-electron chi connectivity index (χ4n) is 3.24. The zero-order valence-corrected chi connectivity index (χ0v) is 12.4. The molecule has 2 N–H and O–H groups in total. The molecule has 1 aliphatic heterocycles. The standard InChI is InChI=1S/C17H24N2O2/c20-12-14-6-9-19(10-14)11-16(21)18-13-17(7-8-17)15-4-2-1-3-5-15/h1-5,14,20H,6-13H2,(H,18,21). The van der Waals surface area contributed by atoms with E-state index in [0.29, 0.717) is 12.5 Å². The molecule has 4 heteroatoms. The van der Waals surface area contributed by atoms with Gasteiger partial charge in [0, 0.05) is 25.1 Å². The maximum Gasteiger partial charge on any atom is 0.234 e. The second-order valence-electron chi connectivity index (χ2n) is 6.50. The molecule has 21 heavy (non-hydrogen) atoms. The number of nitrogens with one attached hydrogen (secondary N) is 1. The minimum atomic E-state index is 0.107. The van der Waals surface area contributed by atoms with Crippen molar-refractivity contribution in [2.24, 2.45) is 5.92 Å². The molecule has 1 amide bonds. The summed E-state index contributed by atoms with van der Waals surface area (Å²) < 4.78 is 0. The second kappa shape index (κ2) is 6.16. The lowest BCUT2D eigenvalue weighted by atomic mass is 9.96. The number of nitrogens with zero attached hydrogens (tertiary/aromatic N) is 1. The number of amides is 1. The maximum absolute atomic E-state index is 12.1. The summed E-state index contributed by atoms with van der Waals surface area (Å²) in [5, 5.41) is 12.2. The van der Waals surface area contributed by atoms with Crippen LogP contribution in [0.3, 0.4) is 0 Å². The highest BCUT2D eigenvalue weighted by Gasteiger charge is 2.44. The quantitative estimate of drug-likeness (QED) is 0.825. The van der Waals surface area contributed by atoms with Crippen LogP contribution >= 0.6 is 0 Å². The minimum Gasteiger partial charge on any atom is -0.396 e. The van der Waals surface area contributed by atoms with Crippen LogP contribution < -0.4 is 5.32 Å². The zero-order chi connectivity index (χ0) is 14.7. The van der Waals surface area contributed by atoms with Crippen LogP contribution in [-0.4, -0.2) is 48.7 Å². The van der Waals surface area contributed by atoms with Gasteiger partial charge in [-0.05, 0) is 37.3 Å². The number of aliphatic hydroxyl groups excluding tert-OH is 1. The topological polar surface area (TPSA) is 52.6 Å². The molecule has 0 spiro atoms. The normalized spacial score (nSPS) is 24.0. The number of likely N-dealkylation sites (tertiary alicyclic amines) is 1. The molecule has 0 aromatic heterocycles. The average molecular weight is 288 g/mol. The van der Waals surface area contributed by atoms with Gasteiger partial charge in [-0.2, -0.15) is 0 Å². The first-order chi connectivity index (χ1) is 10.2. The molecule has 3 rings (SSSR count). The Hall–Kier alpha value is -1.39. The van der Waals surface area contributed by atoms with Gasteiger partial charge in [0.05, 0.1) is 6.54 Å². The third kappa shape index (κ3) is 3.44. The zero-order valence-electron chi connectivity index (χ0n) is 12.4. The van der Waals surface area contributed by atoms with Crippen molar-refractivity contribution in [2.75, 3.05) is 32.8 Å². The number of aliphatic hydroxyl groups is 1. The van der Waals surface area contributed by atoms with Gasteiger partial charge >= 0.3 is 0 Å². The van der Waals surface area contributed by atoms with E-state index in [1.807, 2.05) is 6.07 Å². The highest BCUT2D eigenvalue weighted by molar-refractivity contribution is 5.78. The maximum atomic E-state index is 12.1. The Kier molecular flexibility index (Phi) is 4.27. The number of benzene rings is 1. The van der Waals surface area contributed by atoms with E-state index in [1.165, 1.54) is 5.56 Å². The van der Waals surface area contributed by atoms with E-state index in [1.54, 1.807) is 0 Å². The smallest absolute Gasteiger partial charge is 0.234 e. The van der Waals surface area contributed by atoms with E-state index in [2.05, 4.69) is 34.5 Å². The van der Waals surface area contributed by atoms with E-state index in [9.17, 15) is 4.79 Å². The Morgan fingerprint density at radius 3 is 2.71 bits per heavy atom. The molecular weight excluding hydrogens is 264 g/mol. The molecule has 2 fully saturated rings. The number of rotatable bonds is 6. The van der Waals surface area contributed by atoms with Gasteiger partial charge < -0.3 is 10.4 Å². The minimum absolute atomic E-state index is 0.107. The van der Waals surface area contributed by atoms with Crippen LogP contribution in [0.4, 0.5) is 0 Å². The SMILES string of the molecule is O=C(CN1CCC(CO)C1)NCC1(c2ccccc2)CC1. The van der Waals surface area contributed by atoms with Crippen molar-refractivity contribution in [3.8, 4) is 0 Å². The molecule has 1 heterocycles. The van der Waals surface area contributed by atoms with E-state index < -0.39 is 0 Å². The van der Waals surface area contributed by atoms with Crippen LogP contribution in [0.1, 0.15) is 24.8 Å². The van der Waals surface area contributed by atoms with Crippen molar-refractivity contribution >= 4 is 5.91 Å². The molecule has 1 aromatic carbocycles. The third-order valence-corrected chi connectivity index (χ3v) is 4.86. The fraction of sp³-hybridized carbons (Fsp3) is 0.588. The fourth-order valence-corrected chi connectivity index (χ4v) is 3.24. The van der Waals surface area contributed by atoms with E-state index in [-0.39, 0.29) is 17.9 Å². The van der Waals surface area contributed by atoms with E-state index in [4.69, 9.17) is 5.11 Å². The van der Waals surface area contributed by atoms with Crippen LogP contribution in [0.15, 0.2) is 30.3 Å². The Balaban J connectivity index is 1.46. The van der Waals surface area contributed by atoms with Gasteiger partial charge in [0.25, 0.3) is 0 Å². The van der Waals surface area contributed by atoms with Crippen molar-refractivity contribution in [1.29, 1.82) is 0 Å². The summed E-state index contributed by atoms with van der Waals surface area (Å²) in [6.45, 7) is 3.19. The van der Waals surface area contributed by atoms with Crippen LogP contribution in [-0.2, 0) is 10.2 Å². The molecule has 1 aromatic rings. The Labute approximate surface area is 126 Å². The predicted octanol–water partition coefficient (Wildman–Crippen LogP) is 1.15. The highest BCUT2D eigenvalue weighted by atomic mass is 16.3. The van der Waals surface area contributed by atoms with Crippen LogP contribution in [0.25, 0.3) is 0 Å². The largest absolute Gasteiger partial charge is 0.396 e. The Morgan fingerprint density at radius 1 is 1.33 bits per heavy atom. The van der Waals surface area contributed by atoms with Crippen molar-refractivity contribution < 1.29 is 9.90 Å². The lowest BCUT2D eigenvalue weighted by molar-refractivity contribution is -0.122. The summed E-state index contributed by atoms with van der Waals surface area (Å²) in [6, 6.07) is 10.5. The lowest BCUT2D eigenvalue weighted by Gasteiger charge is -2.19. The van der Waals surface area contributed by atoms with Gasteiger partial charge in [-0.25, -0.2) is 0 Å². The molecule has 114 valence electrons. The summed E-state index contributed by atoms with van der Waals surface area (Å²) >= 11 is 0. The van der Waals surface area contributed by atoms with Crippen LogP contribution in [0.2, 0.25) is 0 Å². The Morgan fingerprint density at radius 2 is 2.10 bits per heavy atom. The lowest BCUT2D eigenvalue weighted by Crippen LogP contribution is -2.39. The first-order valence-electron chi connectivity index (χ1n) is 7.87. The summed E-state index contributed by atoms with van der Waals surface area (Å²) in [5.74, 6) is 0.452. The van der Waals surface area contributed by atoms with Gasteiger partial charge in [-0.1, -0.05) is 30.3 Å². The van der Waals surface area contributed by atoms with Crippen molar-refractivity contribution in [1.82, 2.24) is 10.2 Å². The molecule has 0 radical (unpaired) electrons. The molecule has 4 nitrogen and oxygen atoms in total. The van der Waals surface area contributed by atoms with Gasteiger partial charge in [0.1, 0.15) is 0 Å². The summed E-state index contributed by atoms with van der Waals surface area (Å²) in [7, 11) is 0. The predicted molar refractivity (Wildman–Crippen MR) is 82.0 cm³/mol. The molecule has 1 aliphatic carbocycles. The van der Waals surface area contributed by atoms with Gasteiger partial charge in [-0.3, -0.25) is 9.69 Å². The van der Waals surface area contributed by atoms with Crippen molar-refractivity contribution in [3.63, 3.8) is 0 Å². The highest BCUT2D eigenvalue weighted by Crippen LogP contribution is 2.47. The van der Waals surface area contributed by atoms with Crippen molar-refractivity contribution in [2.45, 2.75) is 24.7 Å². The monoisotopic (exact) mass is 288 g/mol. The summed E-state index contributed by atoms with van der Waals surface area (Å²) in [4.78, 5) is 14.2. The Bertz CT molecular complexity index is 485. The molecular formula is C17H24N2O2. The van der Waals surface area contributed by atoms with Crippen LogP contribution in [0.5, 0.6) is 0 Å². The molecule has 1 saturated heterocycles. The first-order valence-corrected chi connectivity index (χ1v) is 7.87. The average Bonchev–Trinajstić information content (AvgIpc) is 3.19. The van der Waals surface area contributed by atoms with Gasteiger partial charge in [-0.15, -0.1) is 0 Å². The first kappa shape index (κ1) is 14.5. The second-order valence-corrected chi connectivity index (χ2v) is 6.50.